The first-order valence-electron chi connectivity index (χ1n) is 6.62. The normalized spacial score (nSPS) is 17.1. The van der Waals surface area contributed by atoms with Crippen molar-refractivity contribution in [2.45, 2.75) is 72.0 Å². The van der Waals surface area contributed by atoms with Gasteiger partial charge in [-0.3, -0.25) is 0 Å². The molecular formula is C13H28O4. The second kappa shape index (κ2) is 8.86. The molecule has 0 aliphatic rings. The molecule has 0 heterocycles. The van der Waals surface area contributed by atoms with Crippen molar-refractivity contribution < 1.29 is 19.9 Å². The molecule has 0 aliphatic carbocycles. The quantitative estimate of drug-likeness (QED) is 0.366. The van der Waals surface area contributed by atoms with Gasteiger partial charge >= 0.3 is 0 Å². The molecule has 0 aliphatic heterocycles. The molecule has 0 saturated heterocycles. The van der Waals surface area contributed by atoms with Crippen molar-refractivity contribution in [3.05, 3.63) is 0 Å². The molecule has 0 spiro atoms. The fraction of sp³-hybridized carbons (Fsp3) is 1.00. The summed E-state index contributed by atoms with van der Waals surface area (Å²) < 4.78 is 0. The molecule has 17 heavy (non-hydrogen) atoms. The lowest BCUT2D eigenvalue weighted by molar-refractivity contribution is -0.545. The predicted octanol–water partition coefficient (Wildman–Crippen LogP) is 3.24. The van der Waals surface area contributed by atoms with Crippen LogP contribution in [0.5, 0.6) is 0 Å². The topological polar surface area (TPSA) is 47.9 Å². The van der Waals surface area contributed by atoms with E-state index in [4.69, 9.17) is 14.8 Å². The highest BCUT2D eigenvalue weighted by Crippen LogP contribution is 2.22. The molecule has 0 aromatic rings. The third-order valence-corrected chi connectivity index (χ3v) is 3.22. The summed E-state index contributed by atoms with van der Waals surface area (Å²) in [5, 5.41) is 14.2. The zero-order valence-corrected chi connectivity index (χ0v) is 11.9. The standard InChI is InChI=1S/C13H28O4/c1-6-12(7-2)10-15-17-16-13(5,8-3)9-11(4)14/h11-12,14H,6-10H2,1-5H3. The van der Waals surface area contributed by atoms with E-state index in [1.54, 1.807) is 6.92 Å². The predicted molar refractivity (Wildman–Crippen MR) is 67.2 cm³/mol. The maximum atomic E-state index is 9.36. The Kier molecular flexibility index (Phi) is 8.78. The Balaban J connectivity index is 3.83. The average molecular weight is 248 g/mol. The zero-order chi connectivity index (χ0) is 13.3. The maximum Gasteiger partial charge on any atom is 0.106 e. The van der Waals surface area contributed by atoms with Crippen LogP contribution in [-0.2, 0) is 14.8 Å². The van der Waals surface area contributed by atoms with Crippen LogP contribution in [0.1, 0.15) is 60.3 Å². The largest absolute Gasteiger partial charge is 0.393 e. The van der Waals surface area contributed by atoms with Gasteiger partial charge < -0.3 is 5.11 Å². The Hall–Kier alpha value is -0.160. The van der Waals surface area contributed by atoms with Crippen molar-refractivity contribution in [2.24, 2.45) is 5.92 Å². The fourth-order valence-electron chi connectivity index (χ4n) is 1.62. The number of rotatable bonds is 10. The number of hydrogen-bond acceptors (Lipinski definition) is 4. The van der Waals surface area contributed by atoms with Crippen LogP contribution in [0.2, 0.25) is 0 Å². The highest BCUT2D eigenvalue weighted by atomic mass is 17.5. The maximum absolute atomic E-state index is 9.36. The van der Waals surface area contributed by atoms with Crippen molar-refractivity contribution in [1.82, 2.24) is 0 Å². The molecule has 0 saturated carbocycles. The second-order valence-corrected chi connectivity index (χ2v) is 4.98. The fourth-order valence-corrected chi connectivity index (χ4v) is 1.62. The lowest BCUT2D eigenvalue weighted by Crippen LogP contribution is -2.32. The van der Waals surface area contributed by atoms with E-state index in [1.165, 1.54) is 0 Å². The molecule has 2 atom stereocenters. The van der Waals surface area contributed by atoms with Crippen LogP contribution in [-0.4, -0.2) is 23.4 Å². The van der Waals surface area contributed by atoms with Gasteiger partial charge in [0.15, 0.2) is 0 Å². The van der Waals surface area contributed by atoms with Gasteiger partial charge in [0.25, 0.3) is 0 Å². The highest BCUT2D eigenvalue weighted by Gasteiger charge is 2.27. The summed E-state index contributed by atoms with van der Waals surface area (Å²) in [5.74, 6) is 0.503. The Morgan fingerprint density at radius 1 is 1.18 bits per heavy atom. The van der Waals surface area contributed by atoms with Gasteiger partial charge in [0.2, 0.25) is 0 Å². The highest BCUT2D eigenvalue weighted by molar-refractivity contribution is 4.73. The molecule has 1 N–H and O–H groups in total. The summed E-state index contributed by atoms with van der Waals surface area (Å²) in [4.78, 5) is 10.3. The van der Waals surface area contributed by atoms with E-state index in [1.807, 2.05) is 13.8 Å². The summed E-state index contributed by atoms with van der Waals surface area (Å²) in [6, 6.07) is 0. The molecule has 0 rings (SSSR count). The minimum Gasteiger partial charge on any atom is -0.393 e. The molecule has 0 bridgehead atoms. The van der Waals surface area contributed by atoms with Gasteiger partial charge in [0.1, 0.15) is 5.60 Å². The minimum absolute atomic E-state index is 0.414. The molecule has 0 radical (unpaired) electrons. The molecular weight excluding hydrogens is 220 g/mol. The van der Waals surface area contributed by atoms with Crippen molar-refractivity contribution in [3.8, 4) is 0 Å². The average Bonchev–Trinajstić information content (AvgIpc) is 2.28. The van der Waals surface area contributed by atoms with E-state index >= 15 is 0 Å². The monoisotopic (exact) mass is 248 g/mol. The Labute approximate surface area is 105 Å². The van der Waals surface area contributed by atoms with Crippen molar-refractivity contribution >= 4 is 0 Å². The summed E-state index contributed by atoms with van der Waals surface area (Å²) in [6.45, 7) is 10.4. The van der Waals surface area contributed by atoms with Crippen LogP contribution in [0.15, 0.2) is 0 Å². The Morgan fingerprint density at radius 2 is 1.76 bits per heavy atom. The van der Waals surface area contributed by atoms with Gasteiger partial charge in [0.05, 0.1) is 12.7 Å². The number of aliphatic hydroxyl groups is 1. The van der Waals surface area contributed by atoms with E-state index in [0.717, 1.165) is 19.3 Å². The lowest BCUT2D eigenvalue weighted by atomic mass is 9.96. The van der Waals surface area contributed by atoms with E-state index in [9.17, 15) is 5.11 Å². The second-order valence-electron chi connectivity index (χ2n) is 4.98. The zero-order valence-electron chi connectivity index (χ0n) is 11.9. The Morgan fingerprint density at radius 3 is 2.18 bits per heavy atom. The van der Waals surface area contributed by atoms with Gasteiger partial charge in [-0.25, -0.2) is 4.89 Å². The molecule has 0 aromatic carbocycles. The van der Waals surface area contributed by atoms with E-state index in [2.05, 4.69) is 13.8 Å². The molecule has 0 aromatic heterocycles. The van der Waals surface area contributed by atoms with Crippen LogP contribution in [0.25, 0.3) is 0 Å². The SMILES string of the molecule is CCC(CC)COOOC(C)(CC)CC(C)O. The first-order chi connectivity index (χ1) is 7.97. The number of aliphatic hydroxyl groups excluding tert-OH is 1. The third-order valence-electron chi connectivity index (χ3n) is 3.22. The van der Waals surface area contributed by atoms with Crippen molar-refractivity contribution in [2.75, 3.05) is 6.61 Å². The van der Waals surface area contributed by atoms with E-state index in [-0.39, 0.29) is 0 Å². The first kappa shape index (κ1) is 16.8. The number of hydrogen-bond donors (Lipinski definition) is 1. The van der Waals surface area contributed by atoms with Gasteiger partial charge in [-0.2, -0.15) is 4.89 Å². The van der Waals surface area contributed by atoms with Crippen LogP contribution in [0.4, 0.5) is 0 Å². The van der Waals surface area contributed by atoms with Crippen molar-refractivity contribution in [1.29, 1.82) is 0 Å². The van der Waals surface area contributed by atoms with E-state index < -0.39 is 11.7 Å². The van der Waals surface area contributed by atoms with Gasteiger partial charge in [0, 0.05) is 6.42 Å². The molecule has 104 valence electrons. The summed E-state index contributed by atoms with van der Waals surface area (Å²) >= 11 is 0. The first-order valence-corrected chi connectivity index (χ1v) is 6.62. The van der Waals surface area contributed by atoms with Gasteiger partial charge in [-0.1, -0.05) is 38.7 Å². The van der Waals surface area contributed by atoms with E-state index in [0.29, 0.717) is 18.9 Å². The van der Waals surface area contributed by atoms with Crippen LogP contribution in [0, 0.1) is 5.92 Å². The summed E-state index contributed by atoms with van der Waals surface area (Å²) in [5.41, 5.74) is -0.498. The molecule has 4 nitrogen and oxygen atoms in total. The van der Waals surface area contributed by atoms with Crippen molar-refractivity contribution in [3.63, 3.8) is 0 Å². The molecule has 0 amide bonds. The third kappa shape index (κ3) is 7.71. The van der Waals surface area contributed by atoms with Crippen LogP contribution < -0.4 is 0 Å². The smallest absolute Gasteiger partial charge is 0.106 e. The minimum atomic E-state index is -0.498. The van der Waals surface area contributed by atoms with Gasteiger partial charge in [-0.15, -0.1) is 0 Å². The Bertz CT molecular complexity index is 180. The molecule has 4 heteroatoms. The molecule has 2 unspecified atom stereocenters. The van der Waals surface area contributed by atoms with Gasteiger partial charge in [-0.05, 0) is 26.2 Å². The summed E-state index contributed by atoms with van der Waals surface area (Å²) in [6.07, 6.45) is 3.00. The van der Waals surface area contributed by atoms with Crippen LogP contribution in [0.3, 0.4) is 0 Å². The lowest BCUT2D eigenvalue weighted by Gasteiger charge is -2.27. The van der Waals surface area contributed by atoms with Crippen LogP contribution >= 0.6 is 0 Å². The summed E-state index contributed by atoms with van der Waals surface area (Å²) in [7, 11) is 0. The molecule has 0 fully saturated rings.